The number of fused-ring (bicyclic) bond motifs is 1. The number of aromatic carboxylic acids is 1. The van der Waals surface area contributed by atoms with Gasteiger partial charge in [-0.05, 0) is 79.6 Å². The summed E-state index contributed by atoms with van der Waals surface area (Å²) in [5.41, 5.74) is 4.53. The third kappa shape index (κ3) is 5.33. The predicted octanol–water partition coefficient (Wildman–Crippen LogP) is 4.69. The summed E-state index contributed by atoms with van der Waals surface area (Å²) in [7, 11) is -2.38. The lowest BCUT2D eigenvalue weighted by atomic mass is 10.1. The molecule has 9 nitrogen and oxygen atoms in total. The van der Waals surface area contributed by atoms with E-state index in [-0.39, 0.29) is 16.1 Å². The number of carboxylic acid groups (broad SMARTS) is 1. The van der Waals surface area contributed by atoms with Gasteiger partial charge in [-0.1, -0.05) is 12.1 Å². The van der Waals surface area contributed by atoms with Gasteiger partial charge in [0.05, 0.1) is 23.1 Å². The van der Waals surface area contributed by atoms with Gasteiger partial charge in [-0.2, -0.15) is 0 Å². The molecule has 2 heterocycles. The highest BCUT2D eigenvalue weighted by molar-refractivity contribution is 7.92. The Morgan fingerprint density at radius 3 is 2.31 bits per heavy atom. The second-order valence-corrected chi connectivity index (χ2v) is 11.2. The van der Waals surface area contributed by atoms with Crippen LogP contribution in [0.1, 0.15) is 21.5 Å². The Bertz CT molecular complexity index is 1650. The van der Waals surface area contributed by atoms with E-state index in [4.69, 9.17) is 9.72 Å². The molecule has 0 spiro atoms. The molecule has 0 bridgehead atoms. The number of ether oxygens (including phenoxy) is 1. The van der Waals surface area contributed by atoms with Crippen molar-refractivity contribution in [3.05, 3.63) is 83.4 Å². The minimum Gasteiger partial charge on any atom is -0.497 e. The number of rotatable bonds is 7. The van der Waals surface area contributed by atoms with Crippen molar-refractivity contribution in [2.75, 3.05) is 47.8 Å². The number of piperazine rings is 1. The standard InChI is InChI=1S/C29H30N4O5S/c1-19-5-4-6-27(20(19)2)32-13-15-33(16-14-32)28-18-25(29(34)35)24-17-21(7-12-26(24)30-28)31-39(36,37)23-10-8-22(38-3)9-11-23/h4-12,17-18,31H,13-16H2,1-3H3,(H,34,35). The van der Waals surface area contributed by atoms with E-state index in [1.165, 1.54) is 42.1 Å². The molecule has 1 aliphatic rings. The van der Waals surface area contributed by atoms with Crippen molar-refractivity contribution in [3.8, 4) is 5.75 Å². The summed E-state index contributed by atoms with van der Waals surface area (Å²) >= 11 is 0. The Kier molecular flexibility index (Phi) is 7.05. The lowest BCUT2D eigenvalue weighted by Gasteiger charge is -2.37. The molecule has 10 heteroatoms. The van der Waals surface area contributed by atoms with Gasteiger partial charge in [0.1, 0.15) is 11.6 Å². The lowest BCUT2D eigenvalue weighted by Crippen LogP contribution is -2.47. The molecule has 4 aromatic rings. The number of aromatic nitrogens is 1. The third-order valence-electron chi connectivity index (χ3n) is 7.17. The van der Waals surface area contributed by atoms with Crippen molar-refractivity contribution in [2.45, 2.75) is 18.7 Å². The van der Waals surface area contributed by atoms with Gasteiger partial charge in [0, 0.05) is 42.9 Å². The summed E-state index contributed by atoms with van der Waals surface area (Å²) in [6.07, 6.45) is 0. The number of pyridine rings is 1. The van der Waals surface area contributed by atoms with Crippen LogP contribution in [0.4, 0.5) is 17.2 Å². The highest BCUT2D eigenvalue weighted by Gasteiger charge is 2.23. The van der Waals surface area contributed by atoms with Gasteiger partial charge >= 0.3 is 5.97 Å². The van der Waals surface area contributed by atoms with Crippen molar-refractivity contribution in [1.29, 1.82) is 0 Å². The van der Waals surface area contributed by atoms with Crippen LogP contribution in [0.15, 0.2) is 71.6 Å². The molecule has 0 aliphatic carbocycles. The largest absolute Gasteiger partial charge is 0.497 e. The number of aryl methyl sites for hydroxylation is 1. The first-order valence-corrected chi connectivity index (χ1v) is 14.1. The first-order valence-electron chi connectivity index (χ1n) is 12.6. The summed E-state index contributed by atoms with van der Waals surface area (Å²) in [5, 5.41) is 10.4. The maximum absolute atomic E-state index is 12.9. The van der Waals surface area contributed by atoms with Crippen LogP contribution in [0.5, 0.6) is 5.75 Å². The number of nitrogens with zero attached hydrogens (tertiary/aromatic N) is 3. The molecule has 1 fully saturated rings. The first kappa shape index (κ1) is 26.3. The maximum Gasteiger partial charge on any atom is 0.336 e. The third-order valence-corrected chi connectivity index (χ3v) is 8.57. The number of benzene rings is 3. The average molecular weight is 547 g/mol. The lowest BCUT2D eigenvalue weighted by molar-refractivity contribution is 0.0699. The van der Waals surface area contributed by atoms with E-state index in [0.717, 1.165) is 13.1 Å². The van der Waals surface area contributed by atoms with Gasteiger partial charge in [0.25, 0.3) is 10.0 Å². The van der Waals surface area contributed by atoms with E-state index in [0.29, 0.717) is 35.6 Å². The number of anilines is 3. The molecule has 1 aliphatic heterocycles. The molecular formula is C29H30N4O5S. The van der Waals surface area contributed by atoms with Crippen LogP contribution < -0.4 is 19.3 Å². The molecule has 0 atom stereocenters. The summed E-state index contributed by atoms with van der Waals surface area (Å²) in [6, 6.07) is 18.6. The fourth-order valence-electron chi connectivity index (χ4n) is 4.84. The number of hydrogen-bond donors (Lipinski definition) is 2. The van der Waals surface area contributed by atoms with Crippen LogP contribution in [-0.2, 0) is 10.0 Å². The summed E-state index contributed by atoms with van der Waals surface area (Å²) in [5.74, 6) is 0.0271. The Labute approximate surface area is 227 Å². The van der Waals surface area contributed by atoms with Gasteiger partial charge in [-0.15, -0.1) is 0 Å². The molecule has 2 N–H and O–H groups in total. The van der Waals surface area contributed by atoms with E-state index in [2.05, 4.69) is 46.6 Å². The number of hydrogen-bond acceptors (Lipinski definition) is 7. The number of carbonyl (C=O) groups is 1. The maximum atomic E-state index is 12.9. The minimum atomic E-state index is -3.89. The molecule has 0 radical (unpaired) electrons. The average Bonchev–Trinajstić information content (AvgIpc) is 2.94. The first-order chi connectivity index (χ1) is 18.7. The number of nitrogens with one attached hydrogen (secondary N) is 1. The second-order valence-electron chi connectivity index (χ2n) is 9.54. The number of methoxy groups -OCH3 is 1. The van der Waals surface area contributed by atoms with Crippen LogP contribution in [-0.4, -0.2) is 57.8 Å². The van der Waals surface area contributed by atoms with E-state index >= 15 is 0 Å². The van der Waals surface area contributed by atoms with Gasteiger partial charge < -0.3 is 19.6 Å². The van der Waals surface area contributed by atoms with Gasteiger partial charge in [0.2, 0.25) is 0 Å². The van der Waals surface area contributed by atoms with Crippen LogP contribution >= 0.6 is 0 Å². The van der Waals surface area contributed by atoms with Crippen molar-refractivity contribution in [3.63, 3.8) is 0 Å². The number of sulfonamides is 1. The highest BCUT2D eigenvalue weighted by atomic mass is 32.2. The molecule has 1 aromatic heterocycles. The predicted molar refractivity (Wildman–Crippen MR) is 153 cm³/mol. The van der Waals surface area contributed by atoms with Crippen LogP contribution in [0.3, 0.4) is 0 Å². The molecular weight excluding hydrogens is 516 g/mol. The molecule has 0 unspecified atom stereocenters. The number of carboxylic acids is 1. The molecule has 1 saturated heterocycles. The van der Waals surface area contributed by atoms with Gasteiger partial charge in [-0.25, -0.2) is 18.2 Å². The second kappa shape index (κ2) is 10.5. The fourth-order valence-corrected chi connectivity index (χ4v) is 5.89. The quantitative estimate of drug-likeness (QED) is 0.344. The minimum absolute atomic E-state index is 0.0651. The van der Waals surface area contributed by atoms with E-state index in [9.17, 15) is 18.3 Å². The molecule has 0 saturated carbocycles. The Balaban J connectivity index is 1.39. The zero-order chi connectivity index (χ0) is 27.7. The van der Waals surface area contributed by atoms with Crippen LogP contribution in [0, 0.1) is 13.8 Å². The van der Waals surface area contributed by atoms with Crippen molar-refractivity contribution >= 4 is 44.1 Å². The van der Waals surface area contributed by atoms with Crippen molar-refractivity contribution in [2.24, 2.45) is 0 Å². The summed E-state index contributed by atoms with van der Waals surface area (Å²) < 4.78 is 33.4. The topological polar surface area (TPSA) is 112 Å². The SMILES string of the molecule is COc1ccc(S(=O)(=O)Nc2ccc3nc(N4CCN(c5cccc(C)c5C)CC4)cc(C(=O)O)c3c2)cc1. The van der Waals surface area contributed by atoms with Crippen LogP contribution in [0.2, 0.25) is 0 Å². The van der Waals surface area contributed by atoms with E-state index in [1.54, 1.807) is 30.3 Å². The summed E-state index contributed by atoms with van der Waals surface area (Å²) in [6.45, 7) is 7.22. The Morgan fingerprint density at radius 2 is 1.64 bits per heavy atom. The monoisotopic (exact) mass is 546 g/mol. The summed E-state index contributed by atoms with van der Waals surface area (Å²) in [4.78, 5) is 21.5. The zero-order valence-electron chi connectivity index (χ0n) is 22.0. The Hall–Kier alpha value is -4.31. The Morgan fingerprint density at radius 1 is 0.949 bits per heavy atom. The normalized spacial score (nSPS) is 13.9. The van der Waals surface area contributed by atoms with Gasteiger partial charge in [-0.3, -0.25) is 4.72 Å². The fraction of sp³-hybridized carbons (Fsp3) is 0.241. The highest BCUT2D eigenvalue weighted by Crippen LogP contribution is 2.29. The van der Waals surface area contributed by atoms with Crippen molar-refractivity contribution in [1.82, 2.24) is 4.98 Å². The molecule has 202 valence electrons. The van der Waals surface area contributed by atoms with E-state index < -0.39 is 16.0 Å². The zero-order valence-corrected chi connectivity index (χ0v) is 22.8. The van der Waals surface area contributed by atoms with E-state index in [1.807, 2.05) is 0 Å². The molecule has 5 rings (SSSR count). The van der Waals surface area contributed by atoms with Crippen LogP contribution in [0.25, 0.3) is 10.9 Å². The smallest absolute Gasteiger partial charge is 0.336 e. The molecule has 0 amide bonds. The van der Waals surface area contributed by atoms with Crippen molar-refractivity contribution < 1.29 is 23.1 Å². The molecule has 3 aromatic carbocycles. The molecule has 39 heavy (non-hydrogen) atoms. The van der Waals surface area contributed by atoms with Gasteiger partial charge in [0.15, 0.2) is 0 Å².